The van der Waals surface area contributed by atoms with Crippen LogP contribution in [0.5, 0.6) is 0 Å². The van der Waals surface area contributed by atoms with E-state index >= 15 is 0 Å². The maximum Gasteiger partial charge on any atom is 0 e. The second-order valence-corrected chi connectivity index (χ2v) is 0. The van der Waals surface area contributed by atoms with Crippen molar-refractivity contribution in [3.05, 3.63) is 0 Å². The quantitative estimate of drug-likeness (QED) is 0.420. The molecule has 0 nitrogen and oxygen atoms in total. The van der Waals surface area contributed by atoms with Gasteiger partial charge in [-0.2, -0.15) is 0 Å². The van der Waals surface area contributed by atoms with E-state index in [-0.39, 0.29) is 86.8 Å². The molecule has 0 amide bonds. The molecule has 0 fully saturated rings. The molecular weight excluding hydrogens is 367 g/mol. The first-order valence-electron chi connectivity index (χ1n) is 0. The monoisotopic (exact) mass is 374 g/mol. The molecule has 0 aromatic carbocycles. The molecule has 0 bridgehead atoms. The van der Waals surface area contributed by atoms with Crippen LogP contribution in [-0.4, -0.2) is 68.3 Å². The average molecular weight is 370 g/mol. The molecule has 0 aliphatic rings. The molecule has 0 saturated carbocycles. The van der Waals surface area contributed by atoms with Crippen molar-refractivity contribution in [2.45, 2.75) is 0 Å². The van der Waals surface area contributed by atoms with Gasteiger partial charge in [0.25, 0.3) is 0 Å². The summed E-state index contributed by atoms with van der Waals surface area (Å²) in [6.45, 7) is 0. The molecule has 0 rings (SSSR count). The van der Waals surface area contributed by atoms with E-state index in [2.05, 4.69) is 0 Å². The largest absolute Gasteiger partial charge is 0 e. The third kappa shape index (κ3) is 20.4. The number of hydrogen-bond acceptors (Lipinski definition) is 0. The van der Waals surface area contributed by atoms with Gasteiger partial charge in [-0.15, -0.1) is 0 Å². The smallest absolute Gasteiger partial charge is 0 e. The summed E-state index contributed by atoms with van der Waals surface area (Å²) in [5.74, 6) is 0. The summed E-state index contributed by atoms with van der Waals surface area (Å²) in [5.41, 5.74) is 0. The SMILES string of the molecule is [Se-2].[Se-2].[SeH-].[SeH2].[V]. The van der Waals surface area contributed by atoms with Crippen molar-refractivity contribution in [3.63, 3.8) is 0 Å². The predicted octanol–water partition coefficient (Wildman–Crippen LogP) is -2.33. The maximum absolute atomic E-state index is 0. The molecule has 0 N–H and O–H groups in total. The molecule has 0 aliphatic carbocycles. The molecule has 0 heterocycles. The van der Waals surface area contributed by atoms with E-state index in [0.717, 1.165) is 0 Å². The normalized spacial score (nSPS) is 0. The van der Waals surface area contributed by atoms with E-state index < -0.39 is 0 Å². The Morgan fingerprint density at radius 1 is 0.800 bits per heavy atom. The van der Waals surface area contributed by atoms with Gasteiger partial charge in [0, 0.05) is 18.6 Å². The molecule has 37 valence electrons. The van der Waals surface area contributed by atoms with Crippen molar-refractivity contribution < 1.29 is 18.6 Å². The fourth-order valence-corrected chi connectivity index (χ4v) is 0. The summed E-state index contributed by atoms with van der Waals surface area (Å²) in [6, 6.07) is 0. The minimum Gasteiger partial charge on any atom is 0 e. The Morgan fingerprint density at radius 2 is 0.800 bits per heavy atom. The van der Waals surface area contributed by atoms with Crippen molar-refractivity contribution >= 4 is 68.3 Å². The molecule has 0 aromatic rings. The van der Waals surface area contributed by atoms with Gasteiger partial charge in [-0.25, -0.2) is 0 Å². The zero-order valence-electron chi connectivity index (χ0n) is 2.21. The first kappa shape index (κ1) is 48.0. The van der Waals surface area contributed by atoms with Crippen LogP contribution in [0.25, 0.3) is 0 Å². The standard InChI is InChI=1S/2H2Se.2Se.V/h2*1H2;;;/q;;2*-2;/p-1. The third-order valence-corrected chi connectivity index (χ3v) is 0. The van der Waals surface area contributed by atoms with Crippen molar-refractivity contribution in [1.29, 1.82) is 0 Å². The van der Waals surface area contributed by atoms with Crippen molar-refractivity contribution in [1.82, 2.24) is 0 Å². The first-order valence-corrected chi connectivity index (χ1v) is 0. The van der Waals surface area contributed by atoms with Gasteiger partial charge in [-0.1, -0.05) is 0 Å². The predicted molar refractivity (Wildman–Crippen MR) is 27.2 cm³/mol. The second-order valence-electron chi connectivity index (χ2n) is 0. The van der Waals surface area contributed by atoms with Crippen LogP contribution in [0.2, 0.25) is 0 Å². The molecule has 0 spiro atoms. The van der Waals surface area contributed by atoms with Crippen LogP contribution in [0, 0.1) is 0 Å². The van der Waals surface area contributed by atoms with Gasteiger partial charge >= 0.3 is 34.1 Å². The molecule has 0 aromatic heterocycles. The summed E-state index contributed by atoms with van der Waals surface area (Å²) in [4.78, 5) is 0. The van der Waals surface area contributed by atoms with Crippen LogP contribution < -0.4 is 0 Å². The van der Waals surface area contributed by atoms with E-state index in [0.29, 0.717) is 0 Å². The van der Waals surface area contributed by atoms with Gasteiger partial charge in [0.2, 0.25) is 0 Å². The number of hydrogen-bond donors (Lipinski definition) is 0. The third-order valence-electron chi connectivity index (χ3n) is 0. The maximum atomic E-state index is 0. The van der Waals surface area contributed by atoms with E-state index in [1.54, 1.807) is 0 Å². The van der Waals surface area contributed by atoms with E-state index in [4.69, 9.17) is 0 Å². The van der Waals surface area contributed by atoms with Crippen molar-refractivity contribution in [3.8, 4) is 0 Å². The fraction of sp³-hybridized carbons (Fsp3) is 0. The topological polar surface area (TPSA) is 0 Å². The molecule has 0 saturated heterocycles. The number of rotatable bonds is 0. The molecule has 0 aliphatic heterocycles. The second kappa shape index (κ2) is 30.1. The molecular formula is H3Se4V-5. The van der Waals surface area contributed by atoms with Crippen LogP contribution in [0.1, 0.15) is 0 Å². The molecule has 1 radical (unpaired) electrons. The van der Waals surface area contributed by atoms with Crippen LogP contribution in [0.4, 0.5) is 0 Å². The van der Waals surface area contributed by atoms with Gasteiger partial charge in [-0.05, 0) is 0 Å². The Balaban J connectivity index is 0. The Labute approximate surface area is 85.8 Å². The zero-order chi connectivity index (χ0) is 0. The van der Waals surface area contributed by atoms with Gasteiger partial charge in [0.15, 0.2) is 0 Å². The molecule has 0 unspecified atom stereocenters. The minimum atomic E-state index is 0. The van der Waals surface area contributed by atoms with Crippen molar-refractivity contribution in [2.24, 2.45) is 0 Å². The van der Waals surface area contributed by atoms with Crippen LogP contribution in [0.15, 0.2) is 0 Å². The van der Waals surface area contributed by atoms with Gasteiger partial charge in [-0.3, -0.25) is 0 Å². The zero-order valence-corrected chi connectivity index (χ0v) is 11.0. The Kier molecular flexibility index (Phi) is 289. The molecule has 0 atom stereocenters. The minimum absolute atomic E-state index is 0. The molecule has 5 heavy (non-hydrogen) atoms. The Morgan fingerprint density at radius 3 is 0.800 bits per heavy atom. The van der Waals surface area contributed by atoms with E-state index in [1.807, 2.05) is 0 Å². The summed E-state index contributed by atoms with van der Waals surface area (Å²) in [5, 5.41) is 0. The summed E-state index contributed by atoms with van der Waals surface area (Å²) < 4.78 is 0. The van der Waals surface area contributed by atoms with Crippen LogP contribution >= 0.6 is 0 Å². The Bertz CT molecular complexity index is 3.61. The first-order chi connectivity index (χ1) is 0. The van der Waals surface area contributed by atoms with Gasteiger partial charge in [0.1, 0.15) is 0 Å². The van der Waals surface area contributed by atoms with Crippen LogP contribution in [-0.2, 0) is 18.6 Å². The fourth-order valence-electron chi connectivity index (χ4n) is 0. The average Bonchev–Trinajstić information content (AvgIpc) is 0. The van der Waals surface area contributed by atoms with Gasteiger partial charge in [0.05, 0.1) is 0 Å². The van der Waals surface area contributed by atoms with Gasteiger partial charge < -0.3 is 34.1 Å². The summed E-state index contributed by atoms with van der Waals surface area (Å²) in [6.07, 6.45) is 0. The summed E-state index contributed by atoms with van der Waals surface area (Å²) in [7, 11) is 0. The van der Waals surface area contributed by atoms with Crippen molar-refractivity contribution in [2.75, 3.05) is 0 Å². The van der Waals surface area contributed by atoms with E-state index in [9.17, 15) is 0 Å². The summed E-state index contributed by atoms with van der Waals surface area (Å²) >= 11 is 0. The van der Waals surface area contributed by atoms with E-state index in [1.165, 1.54) is 0 Å². The Hall–Kier alpha value is 2.66. The molecule has 5 heteroatoms. The van der Waals surface area contributed by atoms with Crippen LogP contribution in [0.3, 0.4) is 0 Å².